The van der Waals surface area contributed by atoms with Crippen molar-refractivity contribution in [2.75, 3.05) is 17.2 Å². The first-order valence-corrected chi connectivity index (χ1v) is 7.92. The second kappa shape index (κ2) is 8.15. The summed E-state index contributed by atoms with van der Waals surface area (Å²) in [5.74, 6) is 0.295. The molecule has 0 unspecified atom stereocenters. The maximum atomic E-state index is 12.4. The van der Waals surface area contributed by atoms with E-state index in [1.165, 1.54) is 6.92 Å². The van der Waals surface area contributed by atoms with Crippen LogP contribution in [0.2, 0.25) is 0 Å². The number of carbonyl (C=O) groups is 2. The van der Waals surface area contributed by atoms with Crippen molar-refractivity contribution >= 4 is 23.2 Å². The molecule has 0 atom stereocenters. The molecule has 2 aromatic carbocycles. The standard InChI is InChI=1S/C20H22N2O3/c1-13(2)12-25-18-9-6-16(7-10-18)20(24)22-17-8-5-14(3)19(11-17)21-15(4)23/h5-11H,1,12H2,2-4H3,(H,21,23)(H,22,24). The highest BCUT2D eigenvalue weighted by Crippen LogP contribution is 2.21. The van der Waals surface area contributed by atoms with Crippen LogP contribution in [0, 0.1) is 6.92 Å². The highest BCUT2D eigenvalue weighted by Gasteiger charge is 2.08. The molecule has 0 heterocycles. The number of nitrogens with one attached hydrogen (secondary N) is 2. The molecular formula is C20H22N2O3. The summed E-state index contributed by atoms with van der Waals surface area (Å²) in [4.78, 5) is 23.6. The largest absolute Gasteiger partial charge is 0.489 e. The molecule has 0 fully saturated rings. The molecule has 0 aromatic heterocycles. The van der Waals surface area contributed by atoms with E-state index in [9.17, 15) is 9.59 Å². The number of aryl methyl sites for hydroxylation is 1. The van der Waals surface area contributed by atoms with Gasteiger partial charge in [-0.25, -0.2) is 0 Å². The first-order chi connectivity index (χ1) is 11.8. The Bertz CT molecular complexity index is 795. The average molecular weight is 338 g/mol. The average Bonchev–Trinajstić information content (AvgIpc) is 2.56. The van der Waals surface area contributed by atoms with Crippen LogP contribution in [0.5, 0.6) is 5.75 Å². The lowest BCUT2D eigenvalue weighted by Gasteiger charge is -2.11. The van der Waals surface area contributed by atoms with Crippen LogP contribution in [0.4, 0.5) is 11.4 Å². The zero-order valence-electron chi connectivity index (χ0n) is 14.7. The van der Waals surface area contributed by atoms with Gasteiger partial charge in [-0.1, -0.05) is 12.6 Å². The molecular weight excluding hydrogens is 316 g/mol. The Morgan fingerprint density at radius 1 is 1.04 bits per heavy atom. The number of anilines is 2. The Labute approximate surface area is 147 Å². The minimum atomic E-state index is -0.232. The summed E-state index contributed by atoms with van der Waals surface area (Å²) in [5, 5.41) is 5.57. The summed E-state index contributed by atoms with van der Waals surface area (Å²) in [7, 11) is 0. The maximum absolute atomic E-state index is 12.4. The maximum Gasteiger partial charge on any atom is 0.255 e. The summed E-state index contributed by atoms with van der Waals surface area (Å²) >= 11 is 0. The molecule has 130 valence electrons. The van der Waals surface area contributed by atoms with Gasteiger partial charge in [0.2, 0.25) is 5.91 Å². The molecule has 0 aliphatic carbocycles. The quantitative estimate of drug-likeness (QED) is 0.777. The second-order valence-corrected chi connectivity index (χ2v) is 5.94. The van der Waals surface area contributed by atoms with E-state index in [1.807, 2.05) is 19.9 Å². The Balaban J connectivity index is 2.06. The molecule has 2 aromatic rings. The number of ether oxygens (including phenoxy) is 1. The van der Waals surface area contributed by atoms with Crippen LogP contribution >= 0.6 is 0 Å². The van der Waals surface area contributed by atoms with Crippen molar-refractivity contribution in [3.8, 4) is 5.75 Å². The van der Waals surface area contributed by atoms with Crippen LogP contribution in [0.3, 0.4) is 0 Å². The SMILES string of the molecule is C=C(C)COc1ccc(C(=O)Nc2ccc(C)c(NC(C)=O)c2)cc1. The molecule has 2 amide bonds. The van der Waals surface area contributed by atoms with E-state index in [4.69, 9.17) is 4.74 Å². The van der Waals surface area contributed by atoms with E-state index in [2.05, 4.69) is 17.2 Å². The third-order valence-electron chi connectivity index (χ3n) is 3.41. The van der Waals surface area contributed by atoms with Crippen molar-refractivity contribution in [3.63, 3.8) is 0 Å². The third-order valence-corrected chi connectivity index (χ3v) is 3.41. The number of hydrogen-bond donors (Lipinski definition) is 2. The van der Waals surface area contributed by atoms with E-state index in [0.717, 1.165) is 11.1 Å². The van der Waals surface area contributed by atoms with Gasteiger partial charge in [-0.2, -0.15) is 0 Å². The Kier molecular flexibility index (Phi) is 5.95. The van der Waals surface area contributed by atoms with Crippen molar-refractivity contribution in [2.24, 2.45) is 0 Å². The van der Waals surface area contributed by atoms with Crippen LogP contribution in [-0.2, 0) is 4.79 Å². The highest BCUT2D eigenvalue weighted by molar-refractivity contribution is 6.04. The summed E-state index contributed by atoms with van der Waals surface area (Å²) in [6, 6.07) is 12.3. The van der Waals surface area contributed by atoms with Gasteiger partial charge in [0.1, 0.15) is 12.4 Å². The molecule has 25 heavy (non-hydrogen) atoms. The minimum Gasteiger partial charge on any atom is -0.489 e. The topological polar surface area (TPSA) is 67.4 Å². The van der Waals surface area contributed by atoms with Gasteiger partial charge in [0.15, 0.2) is 0 Å². The Morgan fingerprint density at radius 3 is 2.32 bits per heavy atom. The zero-order chi connectivity index (χ0) is 18.4. The number of hydrogen-bond acceptors (Lipinski definition) is 3. The lowest BCUT2D eigenvalue weighted by molar-refractivity contribution is -0.114. The van der Waals surface area contributed by atoms with Gasteiger partial charge in [-0.3, -0.25) is 9.59 Å². The Hall–Kier alpha value is -3.08. The van der Waals surface area contributed by atoms with Crippen LogP contribution < -0.4 is 15.4 Å². The molecule has 0 aliphatic rings. The summed E-state index contributed by atoms with van der Waals surface area (Å²) in [6.45, 7) is 9.45. The minimum absolute atomic E-state index is 0.156. The fourth-order valence-electron chi connectivity index (χ4n) is 2.14. The van der Waals surface area contributed by atoms with E-state index >= 15 is 0 Å². The molecule has 2 rings (SSSR count). The zero-order valence-corrected chi connectivity index (χ0v) is 14.7. The first kappa shape index (κ1) is 18.3. The summed E-state index contributed by atoms with van der Waals surface area (Å²) < 4.78 is 5.51. The molecule has 0 saturated carbocycles. The fourth-order valence-corrected chi connectivity index (χ4v) is 2.14. The lowest BCUT2D eigenvalue weighted by Crippen LogP contribution is -2.13. The van der Waals surface area contributed by atoms with Gasteiger partial charge in [0.05, 0.1) is 0 Å². The number of rotatable bonds is 6. The van der Waals surface area contributed by atoms with Gasteiger partial charge < -0.3 is 15.4 Å². The molecule has 5 nitrogen and oxygen atoms in total. The molecule has 5 heteroatoms. The lowest BCUT2D eigenvalue weighted by atomic mass is 10.1. The monoisotopic (exact) mass is 338 g/mol. The molecule has 0 spiro atoms. The molecule has 2 N–H and O–H groups in total. The van der Waals surface area contributed by atoms with Crippen molar-refractivity contribution in [1.29, 1.82) is 0 Å². The van der Waals surface area contributed by atoms with Crippen molar-refractivity contribution in [3.05, 3.63) is 65.7 Å². The summed E-state index contributed by atoms with van der Waals surface area (Å²) in [5.41, 5.74) is 3.66. The smallest absolute Gasteiger partial charge is 0.255 e. The van der Waals surface area contributed by atoms with E-state index in [0.29, 0.717) is 29.3 Å². The molecule has 0 saturated heterocycles. The van der Waals surface area contributed by atoms with Crippen molar-refractivity contribution in [2.45, 2.75) is 20.8 Å². The predicted octanol–water partition coefficient (Wildman–Crippen LogP) is 4.16. The van der Waals surface area contributed by atoms with Crippen LogP contribution in [0.25, 0.3) is 0 Å². The van der Waals surface area contributed by atoms with Crippen LogP contribution in [0.1, 0.15) is 29.8 Å². The highest BCUT2D eigenvalue weighted by atomic mass is 16.5. The normalized spacial score (nSPS) is 10.0. The fraction of sp³-hybridized carbons (Fsp3) is 0.200. The van der Waals surface area contributed by atoms with Gasteiger partial charge in [0.25, 0.3) is 5.91 Å². The second-order valence-electron chi connectivity index (χ2n) is 5.94. The van der Waals surface area contributed by atoms with Crippen molar-refractivity contribution < 1.29 is 14.3 Å². The van der Waals surface area contributed by atoms with Gasteiger partial charge in [-0.15, -0.1) is 0 Å². The predicted molar refractivity (Wildman–Crippen MR) is 100 cm³/mol. The number of amides is 2. The first-order valence-electron chi connectivity index (χ1n) is 7.92. The summed E-state index contributed by atoms with van der Waals surface area (Å²) in [6.07, 6.45) is 0. The van der Waals surface area contributed by atoms with Gasteiger partial charge in [-0.05, 0) is 61.4 Å². The molecule has 0 bridgehead atoms. The molecule has 0 radical (unpaired) electrons. The van der Waals surface area contributed by atoms with E-state index in [1.54, 1.807) is 36.4 Å². The third kappa shape index (κ3) is 5.49. The number of carbonyl (C=O) groups excluding carboxylic acids is 2. The van der Waals surface area contributed by atoms with Crippen LogP contribution in [0.15, 0.2) is 54.6 Å². The van der Waals surface area contributed by atoms with E-state index in [-0.39, 0.29) is 11.8 Å². The van der Waals surface area contributed by atoms with Gasteiger partial charge in [0, 0.05) is 23.9 Å². The number of benzene rings is 2. The van der Waals surface area contributed by atoms with Crippen molar-refractivity contribution in [1.82, 2.24) is 0 Å². The van der Waals surface area contributed by atoms with Crippen LogP contribution in [-0.4, -0.2) is 18.4 Å². The van der Waals surface area contributed by atoms with E-state index < -0.39 is 0 Å². The van der Waals surface area contributed by atoms with Gasteiger partial charge >= 0.3 is 0 Å². The Morgan fingerprint density at radius 2 is 1.72 bits per heavy atom. The molecule has 0 aliphatic heterocycles.